The zero-order valence-corrected chi connectivity index (χ0v) is 15.8. The van der Waals surface area contributed by atoms with Crippen LogP contribution in [0.3, 0.4) is 0 Å². The number of para-hydroxylation sites is 2. The van der Waals surface area contributed by atoms with E-state index in [0.717, 1.165) is 28.8 Å². The summed E-state index contributed by atoms with van der Waals surface area (Å²) < 4.78 is 16.4. The van der Waals surface area contributed by atoms with E-state index in [1.807, 2.05) is 55.5 Å². The van der Waals surface area contributed by atoms with Gasteiger partial charge in [0.15, 0.2) is 17.5 Å². The first-order valence-corrected chi connectivity index (χ1v) is 8.53. The quantitative estimate of drug-likeness (QED) is 0.562. The minimum atomic E-state index is -0.0502. The maximum Gasteiger partial charge on any atom is 0.191 e. The largest absolute Gasteiger partial charge is 0.497 e. The molecule has 0 bridgehead atoms. The van der Waals surface area contributed by atoms with Gasteiger partial charge < -0.3 is 24.8 Å². The molecule has 0 aromatic heterocycles. The van der Waals surface area contributed by atoms with Gasteiger partial charge in [-0.2, -0.15) is 0 Å². The lowest BCUT2D eigenvalue weighted by molar-refractivity contribution is 0.213. The highest BCUT2D eigenvalue weighted by molar-refractivity contribution is 5.79. The van der Waals surface area contributed by atoms with E-state index in [1.165, 1.54) is 0 Å². The molecule has 0 aliphatic rings. The van der Waals surface area contributed by atoms with Gasteiger partial charge in [0, 0.05) is 13.6 Å². The average Bonchev–Trinajstić information content (AvgIpc) is 2.69. The summed E-state index contributed by atoms with van der Waals surface area (Å²) in [5.74, 6) is 3.02. The molecule has 0 saturated heterocycles. The van der Waals surface area contributed by atoms with Crippen LogP contribution in [0.15, 0.2) is 53.5 Å². The van der Waals surface area contributed by atoms with Crippen LogP contribution >= 0.6 is 0 Å². The predicted molar refractivity (Wildman–Crippen MR) is 104 cm³/mol. The van der Waals surface area contributed by atoms with Crippen molar-refractivity contribution in [1.29, 1.82) is 0 Å². The maximum atomic E-state index is 5.94. The predicted octanol–water partition coefficient (Wildman–Crippen LogP) is 2.84. The fourth-order valence-electron chi connectivity index (χ4n) is 2.36. The van der Waals surface area contributed by atoms with Gasteiger partial charge in [-0.1, -0.05) is 24.3 Å². The molecule has 26 heavy (non-hydrogen) atoms. The normalized spacial score (nSPS) is 12.2. The third-order valence-electron chi connectivity index (χ3n) is 3.80. The molecule has 0 spiro atoms. The highest BCUT2D eigenvalue weighted by Gasteiger charge is 2.09. The van der Waals surface area contributed by atoms with Crippen LogP contribution in [0.1, 0.15) is 12.5 Å². The SMILES string of the molecule is CN=C(NCc1ccc(OC)cc1)NCC(C)Oc1ccccc1OC. The molecule has 2 aromatic rings. The van der Waals surface area contributed by atoms with Gasteiger partial charge in [0.1, 0.15) is 11.9 Å². The van der Waals surface area contributed by atoms with Crippen molar-refractivity contribution in [3.63, 3.8) is 0 Å². The molecule has 2 aromatic carbocycles. The van der Waals surface area contributed by atoms with Gasteiger partial charge >= 0.3 is 0 Å². The number of ether oxygens (including phenoxy) is 3. The highest BCUT2D eigenvalue weighted by Crippen LogP contribution is 2.26. The maximum absolute atomic E-state index is 5.94. The van der Waals surface area contributed by atoms with E-state index in [-0.39, 0.29) is 6.10 Å². The minimum Gasteiger partial charge on any atom is -0.497 e. The summed E-state index contributed by atoms with van der Waals surface area (Å²) in [5, 5.41) is 6.55. The first kappa shape index (κ1) is 19.4. The van der Waals surface area contributed by atoms with Crippen LogP contribution in [-0.4, -0.2) is 39.9 Å². The number of hydrogen-bond donors (Lipinski definition) is 2. The van der Waals surface area contributed by atoms with Crippen LogP contribution in [0, 0.1) is 0 Å². The molecule has 0 radical (unpaired) electrons. The molecule has 0 amide bonds. The minimum absolute atomic E-state index is 0.0502. The lowest BCUT2D eigenvalue weighted by Gasteiger charge is -2.19. The van der Waals surface area contributed by atoms with Crippen molar-refractivity contribution in [1.82, 2.24) is 10.6 Å². The first-order chi connectivity index (χ1) is 12.7. The zero-order chi connectivity index (χ0) is 18.8. The zero-order valence-electron chi connectivity index (χ0n) is 15.8. The molecule has 0 heterocycles. The van der Waals surface area contributed by atoms with Crippen LogP contribution in [0.2, 0.25) is 0 Å². The first-order valence-electron chi connectivity index (χ1n) is 8.53. The van der Waals surface area contributed by atoms with Crippen LogP contribution in [0.4, 0.5) is 0 Å². The Morgan fingerprint density at radius 2 is 1.65 bits per heavy atom. The molecule has 140 valence electrons. The fraction of sp³-hybridized carbons (Fsp3) is 0.350. The van der Waals surface area contributed by atoms with Gasteiger partial charge in [-0.05, 0) is 36.8 Å². The second-order valence-corrected chi connectivity index (χ2v) is 5.73. The second kappa shape index (κ2) is 10.2. The molecular weight excluding hydrogens is 330 g/mol. The number of nitrogens with zero attached hydrogens (tertiary/aromatic N) is 1. The summed E-state index contributed by atoms with van der Waals surface area (Å²) in [7, 11) is 5.04. The molecule has 6 heteroatoms. The van der Waals surface area contributed by atoms with Crippen molar-refractivity contribution in [3.8, 4) is 17.2 Å². The second-order valence-electron chi connectivity index (χ2n) is 5.73. The standard InChI is InChI=1S/C20H27N3O3/c1-15(26-19-8-6-5-7-18(19)25-4)13-22-20(21-2)23-14-16-9-11-17(24-3)12-10-16/h5-12,15H,13-14H2,1-4H3,(H2,21,22,23). The van der Waals surface area contributed by atoms with Gasteiger partial charge in [-0.25, -0.2) is 0 Å². The lowest BCUT2D eigenvalue weighted by Crippen LogP contribution is -2.41. The highest BCUT2D eigenvalue weighted by atomic mass is 16.5. The van der Waals surface area contributed by atoms with Crippen LogP contribution in [-0.2, 0) is 6.54 Å². The van der Waals surface area contributed by atoms with E-state index >= 15 is 0 Å². The van der Waals surface area contributed by atoms with Gasteiger partial charge in [-0.15, -0.1) is 0 Å². The number of aliphatic imine (C=N–C) groups is 1. The van der Waals surface area contributed by atoms with Crippen LogP contribution in [0.5, 0.6) is 17.2 Å². The summed E-state index contributed by atoms with van der Waals surface area (Å²) in [4.78, 5) is 4.24. The Hall–Kier alpha value is -2.89. The summed E-state index contributed by atoms with van der Waals surface area (Å²) in [5.41, 5.74) is 1.15. The molecule has 1 unspecified atom stereocenters. The van der Waals surface area contributed by atoms with Crippen molar-refractivity contribution in [2.75, 3.05) is 27.8 Å². The van der Waals surface area contributed by atoms with E-state index in [0.29, 0.717) is 13.1 Å². The molecule has 0 aliphatic carbocycles. The molecule has 6 nitrogen and oxygen atoms in total. The Labute approximate surface area is 155 Å². The Morgan fingerprint density at radius 1 is 0.962 bits per heavy atom. The number of methoxy groups -OCH3 is 2. The van der Waals surface area contributed by atoms with Crippen LogP contribution < -0.4 is 24.8 Å². The van der Waals surface area contributed by atoms with E-state index in [4.69, 9.17) is 14.2 Å². The summed E-state index contributed by atoms with van der Waals surface area (Å²) in [6, 6.07) is 15.5. The van der Waals surface area contributed by atoms with E-state index in [2.05, 4.69) is 15.6 Å². The van der Waals surface area contributed by atoms with Gasteiger partial charge in [-0.3, -0.25) is 4.99 Å². The number of rotatable bonds is 8. The van der Waals surface area contributed by atoms with E-state index in [1.54, 1.807) is 21.3 Å². The number of guanidine groups is 1. The molecule has 2 rings (SSSR count). The van der Waals surface area contributed by atoms with E-state index in [9.17, 15) is 0 Å². The molecule has 0 aliphatic heterocycles. The molecular formula is C20H27N3O3. The van der Waals surface area contributed by atoms with Crippen molar-refractivity contribution < 1.29 is 14.2 Å². The monoisotopic (exact) mass is 357 g/mol. The van der Waals surface area contributed by atoms with Crippen LogP contribution in [0.25, 0.3) is 0 Å². The van der Waals surface area contributed by atoms with E-state index < -0.39 is 0 Å². The third-order valence-corrected chi connectivity index (χ3v) is 3.80. The Kier molecular flexibility index (Phi) is 7.61. The summed E-state index contributed by atoms with van der Waals surface area (Å²) in [6.07, 6.45) is -0.0502. The number of benzene rings is 2. The van der Waals surface area contributed by atoms with Crippen molar-refractivity contribution in [3.05, 3.63) is 54.1 Å². The molecule has 2 N–H and O–H groups in total. The smallest absolute Gasteiger partial charge is 0.191 e. The van der Waals surface area contributed by atoms with Gasteiger partial charge in [0.2, 0.25) is 0 Å². The lowest BCUT2D eigenvalue weighted by atomic mass is 10.2. The fourth-order valence-corrected chi connectivity index (χ4v) is 2.36. The summed E-state index contributed by atoms with van der Waals surface area (Å²) >= 11 is 0. The Balaban J connectivity index is 1.80. The van der Waals surface area contributed by atoms with Crippen molar-refractivity contribution >= 4 is 5.96 Å². The van der Waals surface area contributed by atoms with Crippen molar-refractivity contribution in [2.45, 2.75) is 19.6 Å². The topological polar surface area (TPSA) is 64.1 Å². The Morgan fingerprint density at radius 3 is 2.27 bits per heavy atom. The van der Waals surface area contributed by atoms with Gasteiger partial charge in [0.05, 0.1) is 20.8 Å². The van der Waals surface area contributed by atoms with Crippen molar-refractivity contribution in [2.24, 2.45) is 4.99 Å². The average molecular weight is 357 g/mol. The Bertz CT molecular complexity index is 702. The number of hydrogen-bond acceptors (Lipinski definition) is 4. The number of nitrogens with one attached hydrogen (secondary N) is 2. The molecule has 1 atom stereocenters. The summed E-state index contributed by atoms with van der Waals surface area (Å²) in [6.45, 7) is 3.28. The molecule has 0 saturated carbocycles. The third kappa shape index (κ3) is 5.88. The molecule has 0 fully saturated rings. The van der Waals surface area contributed by atoms with Gasteiger partial charge in [0.25, 0.3) is 0 Å².